The van der Waals surface area contributed by atoms with Crippen molar-refractivity contribution in [1.29, 1.82) is 0 Å². The average molecular weight is 321 g/mol. The molecule has 1 unspecified atom stereocenters. The Bertz CT molecular complexity index is 519. The molecule has 2 heterocycles. The Hall–Kier alpha value is -0.0800. The molecule has 1 aromatic heterocycles. The smallest absolute Gasteiger partial charge is 0.250 e. The summed E-state index contributed by atoms with van der Waals surface area (Å²) in [6.07, 6.45) is 2.25. The minimum atomic E-state index is -3.36. The number of thioether (sulfide) groups is 1. The van der Waals surface area contributed by atoms with Crippen LogP contribution in [-0.2, 0) is 16.6 Å². The van der Waals surface area contributed by atoms with Gasteiger partial charge in [0.15, 0.2) is 0 Å². The van der Waals surface area contributed by atoms with Gasteiger partial charge >= 0.3 is 0 Å². The number of hydrogen-bond donors (Lipinski definition) is 2. The monoisotopic (exact) mass is 320 g/mol. The number of rotatable bonds is 6. The van der Waals surface area contributed by atoms with Crippen LogP contribution in [-0.4, -0.2) is 32.5 Å². The van der Waals surface area contributed by atoms with Gasteiger partial charge in [-0.3, -0.25) is 0 Å². The fourth-order valence-corrected chi connectivity index (χ4v) is 5.98. The van der Waals surface area contributed by atoms with Crippen molar-refractivity contribution in [3.05, 3.63) is 17.0 Å². The van der Waals surface area contributed by atoms with E-state index in [0.717, 1.165) is 17.1 Å². The zero-order chi connectivity index (χ0) is 13.9. The van der Waals surface area contributed by atoms with E-state index < -0.39 is 10.0 Å². The molecule has 0 aromatic carbocycles. The van der Waals surface area contributed by atoms with Crippen molar-refractivity contribution in [2.45, 2.75) is 35.3 Å². The van der Waals surface area contributed by atoms with E-state index >= 15 is 0 Å². The predicted molar refractivity (Wildman–Crippen MR) is 82.4 cm³/mol. The standard InChI is InChI=1S/C12H20N2O2S3/c1-12(6-3-7-17-12)9-14-19(15,16)11-5-4-10(18-11)8-13-2/h4-5,13-14H,3,6-9H2,1-2H3. The van der Waals surface area contributed by atoms with Crippen LogP contribution in [0, 0.1) is 0 Å². The van der Waals surface area contributed by atoms with Crippen molar-refractivity contribution >= 4 is 33.1 Å². The Morgan fingerprint density at radius 1 is 1.42 bits per heavy atom. The van der Waals surface area contributed by atoms with Crippen molar-refractivity contribution in [3.8, 4) is 0 Å². The Morgan fingerprint density at radius 3 is 2.84 bits per heavy atom. The first-order valence-corrected chi connectivity index (χ1v) is 9.61. The first kappa shape index (κ1) is 15.3. The third-order valence-electron chi connectivity index (χ3n) is 3.19. The highest BCUT2D eigenvalue weighted by molar-refractivity contribution is 8.01. The summed E-state index contributed by atoms with van der Waals surface area (Å²) < 4.78 is 27.7. The predicted octanol–water partition coefficient (Wildman–Crippen LogP) is 2.03. The van der Waals surface area contributed by atoms with Crippen LogP contribution >= 0.6 is 23.1 Å². The lowest BCUT2D eigenvalue weighted by molar-refractivity contribution is 0.554. The molecule has 1 aliphatic heterocycles. The highest BCUT2D eigenvalue weighted by Gasteiger charge is 2.31. The summed E-state index contributed by atoms with van der Waals surface area (Å²) in [7, 11) is -1.50. The second kappa shape index (κ2) is 6.13. The summed E-state index contributed by atoms with van der Waals surface area (Å²) in [6.45, 7) is 3.35. The molecule has 7 heteroatoms. The van der Waals surface area contributed by atoms with E-state index in [0.29, 0.717) is 17.3 Å². The normalized spacial score (nSPS) is 23.9. The third-order valence-corrected chi connectivity index (χ3v) is 7.71. The lowest BCUT2D eigenvalue weighted by atomic mass is 10.1. The second-order valence-corrected chi connectivity index (χ2v) is 9.82. The van der Waals surface area contributed by atoms with Gasteiger partial charge in [-0.1, -0.05) is 0 Å². The lowest BCUT2D eigenvalue weighted by Crippen LogP contribution is -2.36. The fraction of sp³-hybridized carbons (Fsp3) is 0.667. The molecule has 2 N–H and O–H groups in total. The Kier molecular flexibility index (Phi) is 4.94. The van der Waals surface area contributed by atoms with E-state index in [4.69, 9.17) is 0 Å². The van der Waals surface area contributed by atoms with Gasteiger partial charge in [-0.2, -0.15) is 11.8 Å². The van der Waals surface area contributed by atoms with E-state index in [1.165, 1.54) is 17.8 Å². The fourth-order valence-electron chi connectivity index (χ4n) is 2.07. The van der Waals surface area contributed by atoms with Crippen LogP contribution < -0.4 is 10.0 Å². The number of hydrogen-bond acceptors (Lipinski definition) is 5. The minimum absolute atomic E-state index is 0.0537. The first-order valence-electron chi connectivity index (χ1n) is 6.32. The van der Waals surface area contributed by atoms with Gasteiger partial charge in [-0.25, -0.2) is 13.1 Å². The van der Waals surface area contributed by atoms with E-state index in [-0.39, 0.29) is 4.75 Å². The molecule has 0 amide bonds. The molecule has 1 fully saturated rings. The zero-order valence-electron chi connectivity index (χ0n) is 11.2. The Balaban J connectivity index is 2.01. The highest BCUT2D eigenvalue weighted by Crippen LogP contribution is 2.37. The van der Waals surface area contributed by atoms with Crippen LogP contribution in [0.25, 0.3) is 0 Å². The van der Waals surface area contributed by atoms with Gasteiger partial charge in [0, 0.05) is 22.7 Å². The summed E-state index contributed by atoms with van der Waals surface area (Å²) in [5, 5.41) is 3.02. The van der Waals surface area contributed by atoms with Crippen LogP contribution in [0.15, 0.2) is 16.3 Å². The molecular formula is C12H20N2O2S3. The molecule has 0 spiro atoms. The molecule has 1 saturated heterocycles. The van der Waals surface area contributed by atoms with Crippen molar-refractivity contribution in [2.24, 2.45) is 0 Å². The molecule has 2 rings (SSSR count). The van der Waals surface area contributed by atoms with Crippen LogP contribution in [0.2, 0.25) is 0 Å². The van der Waals surface area contributed by atoms with Crippen LogP contribution in [0.4, 0.5) is 0 Å². The Morgan fingerprint density at radius 2 is 2.21 bits per heavy atom. The topological polar surface area (TPSA) is 58.2 Å². The van der Waals surface area contributed by atoms with Crippen molar-refractivity contribution in [2.75, 3.05) is 19.3 Å². The molecular weight excluding hydrogens is 300 g/mol. The van der Waals surface area contributed by atoms with E-state index in [9.17, 15) is 8.42 Å². The SMILES string of the molecule is CNCc1ccc(S(=O)(=O)NCC2(C)CCCS2)s1. The van der Waals surface area contributed by atoms with Crippen molar-refractivity contribution < 1.29 is 8.42 Å². The van der Waals surface area contributed by atoms with Crippen LogP contribution in [0.3, 0.4) is 0 Å². The van der Waals surface area contributed by atoms with Crippen LogP contribution in [0.5, 0.6) is 0 Å². The second-order valence-electron chi connectivity index (χ2n) is 4.98. The van der Waals surface area contributed by atoms with E-state index in [1.807, 2.05) is 24.9 Å². The molecule has 1 atom stereocenters. The molecule has 0 aliphatic carbocycles. The van der Waals surface area contributed by atoms with Gasteiger partial charge in [0.25, 0.3) is 0 Å². The molecule has 1 aromatic rings. The molecule has 4 nitrogen and oxygen atoms in total. The molecule has 1 aliphatic rings. The molecule has 0 radical (unpaired) electrons. The number of sulfonamides is 1. The maximum Gasteiger partial charge on any atom is 0.250 e. The number of thiophene rings is 1. The zero-order valence-corrected chi connectivity index (χ0v) is 13.7. The summed E-state index contributed by atoms with van der Waals surface area (Å²) in [4.78, 5) is 1.03. The average Bonchev–Trinajstić information content (AvgIpc) is 2.98. The van der Waals surface area contributed by atoms with Gasteiger partial charge in [0.2, 0.25) is 10.0 Å². The molecule has 19 heavy (non-hydrogen) atoms. The summed E-state index contributed by atoms with van der Waals surface area (Å²) in [5.41, 5.74) is 0. The highest BCUT2D eigenvalue weighted by atomic mass is 32.2. The van der Waals surface area contributed by atoms with Crippen molar-refractivity contribution in [3.63, 3.8) is 0 Å². The number of nitrogens with one attached hydrogen (secondary N) is 2. The first-order chi connectivity index (χ1) is 8.95. The lowest BCUT2D eigenvalue weighted by Gasteiger charge is -2.22. The maximum atomic E-state index is 12.2. The maximum absolute atomic E-state index is 12.2. The molecule has 0 saturated carbocycles. The van der Waals surface area contributed by atoms with Gasteiger partial charge < -0.3 is 5.32 Å². The van der Waals surface area contributed by atoms with E-state index in [2.05, 4.69) is 17.0 Å². The van der Waals surface area contributed by atoms with E-state index in [1.54, 1.807) is 6.07 Å². The summed E-state index contributed by atoms with van der Waals surface area (Å²) in [6, 6.07) is 3.55. The van der Waals surface area contributed by atoms with Crippen molar-refractivity contribution in [1.82, 2.24) is 10.0 Å². The molecule has 0 bridgehead atoms. The quantitative estimate of drug-likeness (QED) is 0.842. The van der Waals surface area contributed by atoms with Crippen LogP contribution in [0.1, 0.15) is 24.6 Å². The van der Waals surface area contributed by atoms with Gasteiger partial charge in [-0.15, -0.1) is 11.3 Å². The Labute approximate surface area is 123 Å². The largest absolute Gasteiger partial charge is 0.315 e. The minimum Gasteiger partial charge on any atom is -0.315 e. The molecule has 108 valence electrons. The third kappa shape index (κ3) is 3.95. The summed E-state index contributed by atoms with van der Waals surface area (Å²) in [5.74, 6) is 1.13. The van der Waals surface area contributed by atoms with Gasteiger partial charge in [0.1, 0.15) is 4.21 Å². The van der Waals surface area contributed by atoms with Gasteiger partial charge in [-0.05, 0) is 44.7 Å². The van der Waals surface area contributed by atoms with Gasteiger partial charge in [0.05, 0.1) is 0 Å². The summed E-state index contributed by atoms with van der Waals surface area (Å²) >= 11 is 3.19.